The minimum absolute atomic E-state index is 0.0977. The Hall–Kier alpha value is -2.80. The number of amides is 1. The highest BCUT2D eigenvalue weighted by Gasteiger charge is 2.30. The maximum Gasteiger partial charge on any atom is 0.237 e. The lowest BCUT2D eigenvalue weighted by atomic mass is 10.1. The Balaban J connectivity index is 1.40. The van der Waals surface area contributed by atoms with Crippen molar-refractivity contribution in [2.24, 2.45) is 0 Å². The third-order valence-corrected chi connectivity index (χ3v) is 6.25. The fourth-order valence-corrected chi connectivity index (χ4v) is 4.65. The molecule has 156 valence electrons. The summed E-state index contributed by atoms with van der Waals surface area (Å²) >= 11 is 1.43. The van der Waals surface area contributed by atoms with Crippen LogP contribution in [0.15, 0.2) is 53.7 Å². The maximum absolute atomic E-state index is 13.0. The number of rotatable bonds is 7. The molecule has 0 spiro atoms. The maximum atomic E-state index is 13.0. The van der Waals surface area contributed by atoms with Gasteiger partial charge in [0.05, 0.1) is 5.75 Å². The van der Waals surface area contributed by atoms with Gasteiger partial charge in [-0.15, -0.1) is 10.2 Å². The molecule has 0 saturated carbocycles. The summed E-state index contributed by atoms with van der Waals surface area (Å²) in [5.74, 6) is 1.99. The largest absolute Gasteiger partial charge is 0.486 e. The Kier molecular flexibility index (Phi) is 6.08. The minimum atomic E-state index is 0.0977. The van der Waals surface area contributed by atoms with Crippen molar-refractivity contribution < 1.29 is 9.53 Å². The molecule has 0 bridgehead atoms. The zero-order valence-corrected chi connectivity index (χ0v) is 18.4. The monoisotopic (exact) mass is 422 g/mol. The van der Waals surface area contributed by atoms with Crippen LogP contribution in [0.25, 0.3) is 0 Å². The van der Waals surface area contributed by atoms with E-state index in [-0.39, 0.29) is 11.9 Å². The standard InChI is InChI=1S/C23H26N4O2S/c1-4-26-21(14-29-19-11-9-16(2)10-12-19)24-25-23(26)30-15-22(28)27-17(3)13-18-7-5-6-8-20(18)27/h5-12,17H,4,13-15H2,1-3H3. The molecule has 0 saturated heterocycles. The predicted octanol–water partition coefficient (Wildman–Crippen LogP) is 4.26. The van der Waals surface area contributed by atoms with Gasteiger partial charge in [0.25, 0.3) is 0 Å². The third-order valence-electron chi connectivity index (χ3n) is 5.30. The highest BCUT2D eigenvalue weighted by atomic mass is 32.2. The summed E-state index contributed by atoms with van der Waals surface area (Å²) in [7, 11) is 0. The van der Waals surface area contributed by atoms with Gasteiger partial charge in [0.15, 0.2) is 11.0 Å². The first-order valence-electron chi connectivity index (χ1n) is 10.2. The van der Waals surface area contributed by atoms with E-state index in [1.54, 1.807) is 0 Å². The van der Waals surface area contributed by atoms with Crippen molar-refractivity contribution in [2.75, 3.05) is 10.7 Å². The molecular weight excluding hydrogens is 396 g/mol. The summed E-state index contributed by atoms with van der Waals surface area (Å²) in [4.78, 5) is 14.9. The first-order chi connectivity index (χ1) is 14.6. The van der Waals surface area contributed by atoms with Gasteiger partial charge in [-0.25, -0.2) is 0 Å². The molecule has 1 aliphatic heterocycles. The minimum Gasteiger partial charge on any atom is -0.486 e. The van der Waals surface area contributed by atoms with Crippen molar-refractivity contribution in [3.8, 4) is 5.75 Å². The number of nitrogens with zero attached hydrogens (tertiary/aromatic N) is 4. The molecule has 4 rings (SSSR count). The number of aromatic nitrogens is 3. The topological polar surface area (TPSA) is 60.2 Å². The molecule has 3 aromatic rings. The fraction of sp³-hybridized carbons (Fsp3) is 0.348. The SMILES string of the molecule is CCn1c(COc2ccc(C)cc2)nnc1SCC(=O)N1c2ccccc2CC1C. The summed E-state index contributed by atoms with van der Waals surface area (Å²) in [5.41, 5.74) is 3.45. The molecule has 1 aliphatic rings. The third kappa shape index (κ3) is 4.21. The van der Waals surface area contributed by atoms with Crippen molar-refractivity contribution in [1.29, 1.82) is 0 Å². The lowest BCUT2D eigenvalue weighted by Gasteiger charge is -2.22. The number of carbonyl (C=O) groups excluding carboxylic acids is 1. The summed E-state index contributed by atoms with van der Waals surface area (Å²) in [6.45, 7) is 7.25. The normalized spacial score (nSPS) is 15.3. The van der Waals surface area contributed by atoms with Crippen LogP contribution in [0.2, 0.25) is 0 Å². The first kappa shape index (κ1) is 20.5. The van der Waals surface area contributed by atoms with Crippen molar-refractivity contribution in [1.82, 2.24) is 14.8 Å². The molecule has 1 unspecified atom stereocenters. The highest BCUT2D eigenvalue weighted by Crippen LogP contribution is 2.32. The summed E-state index contributed by atoms with van der Waals surface area (Å²) < 4.78 is 7.86. The zero-order valence-electron chi connectivity index (χ0n) is 17.5. The molecule has 1 atom stereocenters. The smallest absolute Gasteiger partial charge is 0.237 e. The Labute approximate surface area is 181 Å². The van der Waals surface area contributed by atoms with Gasteiger partial charge in [-0.1, -0.05) is 47.7 Å². The van der Waals surface area contributed by atoms with Gasteiger partial charge in [-0.05, 0) is 51.0 Å². The first-order valence-corrected chi connectivity index (χ1v) is 11.2. The van der Waals surface area contributed by atoms with Crippen LogP contribution in [0.5, 0.6) is 5.75 Å². The van der Waals surface area contributed by atoms with E-state index in [0.29, 0.717) is 12.4 Å². The van der Waals surface area contributed by atoms with Gasteiger partial charge in [0.2, 0.25) is 5.91 Å². The van der Waals surface area contributed by atoms with Crippen LogP contribution in [-0.4, -0.2) is 32.5 Å². The second kappa shape index (κ2) is 8.92. The van der Waals surface area contributed by atoms with E-state index in [9.17, 15) is 4.79 Å². The summed E-state index contributed by atoms with van der Waals surface area (Å²) in [6, 6.07) is 16.2. The van der Waals surface area contributed by atoms with Gasteiger partial charge in [0.1, 0.15) is 12.4 Å². The number of para-hydroxylation sites is 1. The summed E-state index contributed by atoms with van der Waals surface area (Å²) in [6.07, 6.45) is 0.901. The fourth-order valence-electron chi connectivity index (χ4n) is 3.77. The number of hydrogen-bond donors (Lipinski definition) is 0. The van der Waals surface area contributed by atoms with Crippen LogP contribution in [0.3, 0.4) is 0 Å². The van der Waals surface area contributed by atoms with Crippen LogP contribution < -0.4 is 9.64 Å². The number of aryl methyl sites for hydroxylation is 1. The molecule has 6 nitrogen and oxygen atoms in total. The van der Waals surface area contributed by atoms with Gasteiger partial charge >= 0.3 is 0 Å². The molecule has 2 heterocycles. The summed E-state index contributed by atoms with van der Waals surface area (Å²) in [5, 5.41) is 9.33. The second-order valence-electron chi connectivity index (χ2n) is 7.48. The molecule has 0 N–H and O–H groups in total. The van der Waals surface area contributed by atoms with Crippen LogP contribution in [0.1, 0.15) is 30.8 Å². The van der Waals surface area contributed by atoms with Gasteiger partial charge < -0.3 is 14.2 Å². The van der Waals surface area contributed by atoms with Gasteiger partial charge in [-0.3, -0.25) is 4.79 Å². The van der Waals surface area contributed by atoms with Crippen LogP contribution in [0.4, 0.5) is 5.69 Å². The second-order valence-corrected chi connectivity index (χ2v) is 8.42. The number of carbonyl (C=O) groups is 1. The predicted molar refractivity (Wildman–Crippen MR) is 119 cm³/mol. The molecule has 30 heavy (non-hydrogen) atoms. The van der Waals surface area contributed by atoms with Crippen LogP contribution >= 0.6 is 11.8 Å². The molecule has 0 fully saturated rings. The lowest BCUT2D eigenvalue weighted by Crippen LogP contribution is -2.37. The molecular formula is C23H26N4O2S. The quantitative estimate of drug-likeness (QED) is 0.533. The van der Waals surface area contributed by atoms with Crippen LogP contribution in [-0.2, 0) is 24.4 Å². The molecule has 1 amide bonds. The Morgan fingerprint density at radius 3 is 2.70 bits per heavy atom. The van der Waals surface area contributed by atoms with E-state index < -0.39 is 0 Å². The molecule has 0 aliphatic carbocycles. The van der Waals surface area contributed by atoms with Gasteiger partial charge in [0, 0.05) is 18.3 Å². The van der Waals surface area contributed by atoms with Crippen molar-refractivity contribution in [3.63, 3.8) is 0 Å². The average molecular weight is 423 g/mol. The van der Waals surface area contributed by atoms with Crippen LogP contribution in [0, 0.1) is 6.92 Å². The van der Waals surface area contributed by atoms with E-state index in [1.807, 2.05) is 65.8 Å². The van der Waals surface area contributed by atoms with E-state index >= 15 is 0 Å². The van der Waals surface area contributed by atoms with Crippen molar-refractivity contribution in [2.45, 2.75) is 51.5 Å². The number of hydrogen-bond acceptors (Lipinski definition) is 5. The van der Waals surface area contributed by atoms with Gasteiger partial charge in [-0.2, -0.15) is 0 Å². The molecule has 7 heteroatoms. The number of benzene rings is 2. The molecule has 0 radical (unpaired) electrons. The van der Waals surface area contributed by atoms with E-state index in [2.05, 4.69) is 23.2 Å². The Morgan fingerprint density at radius 2 is 1.93 bits per heavy atom. The van der Waals surface area contributed by atoms with E-state index in [0.717, 1.165) is 35.4 Å². The number of ether oxygens (including phenoxy) is 1. The lowest BCUT2D eigenvalue weighted by molar-refractivity contribution is -0.116. The molecule has 1 aromatic heterocycles. The highest BCUT2D eigenvalue weighted by molar-refractivity contribution is 7.99. The average Bonchev–Trinajstić information content (AvgIpc) is 3.30. The number of fused-ring (bicyclic) bond motifs is 1. The van der Waals surface area contributed by atoms with Crippen molar-refractivity contribution >= 4 is 23.4 Å². The number of thioether (sulfide) groups is 1. The van der Waals surface area contributed by atoms with Crippen molar-refractivity contribution in [3.05, 3.63) is 65.5 Å². The Morgan fingerprint density at radius 1 is 1.17 bits per heavy atom. The van der Waals surface area contributed by atoms with E-state index in [1.165, 1.54) is 22.9 Å². The van der Waals surface area contributed by atoms with E-state index in [4.69, 9.17) is 4.74 Å². The molecule has 2 aromatic carbocycles. The zero-order chi connectivity index (χ0) is 21.1. The number of anilines is 1. The Bertz CT molecular complexity index is 1030.